The van der Waals surface area contributed by atoms with Gasteiger partial charge in [0, 0.05) is 18.7 Å². The summed E-state index contributed by atoms with van der Waals surface area (Å²) in [6, 6.07) is 15.8. The SMILES string of the molecule is CC1(C)CCN(C(=O)c2ccc(I)c(OCc3ccccc3)c2)CC1. The standard InChI is InChI=1S/C21H24INO2/c1-21(2)10-12-23(13-11-21)20(24)17-8-9-18(22)19(14-17)25-15-16-6-4-3-5-7-16/h3-9,14H,10-13,15H2,1-2H3. The van der Waals surface area contributed by atoms with Crippen LogP contribution >= 0.6 is 22.6 Å². The second-order valence-electron chi connectivity index (χ2n) is 7.38. The van der Waals surface area contributed by atoms with Gasteiger partial charge in [0.1, 0.15) is 12.4 Å². The number of hydrogen-bond acceptors (Lipinski definition) is 2. The van der Waals surface area contributed by atoms with Crippen LogP contribution in [0.3, 0.4) is 0 Å². The molecule has 0 atom stereocenters. The molecular formula is C21H24INO2. The number of nitrogens with zero attached hydrogens (tertiary/aromatic N) is 1. The van der Waals surface area contributed by atoms with E-state index < -0.39 is 0 Å². The monoisotopic (exact) mass is 449 g/mol. The van der Waals surface area contributed by atoms with E-state index in [9.17, 15) is 4.79 Å². The summed E-state index contributed by atoms with van der Waals surface area (Å²) in [5, 5.41) is 0. The van der Waals surface area contributed by atoms with Gasteiger partial charge in [-0.3, -0.25) is 4.79 Å². The lowest BCUT2D eigenvalue weighted by Gasteiger charge is -2.37. The van der Waals surface area contributed by atoms with Crippen molar-refractivity contribution in [3.8, 4) is 5.75 Å². The van der Waals surface area contributed by atoms with Crippen LogP contribution in [0.2, 0.25) is 0 Å². The lowest BCUT2D eigenvalue weighted by molar-refractivity contribution is 0.0630. The van der Waals surface area contributed by atoms with Gasteiger partial charge in [-0.05, 0) is 64.6 Å². The van der Waals surface area contributed by atoms with E-state index in [-0.39, 0.29) is 5.91 Å². The minimum Gasteiger partial charge on any atom is -0.488 e. The molecule has 2 aromatic carbocycles. The van der Waals surface area contributed by atoms with Crippen LogP contribution in [-0.2, 0) is 6.61 Å². The summed E-state index contributed by atoms with van der Waals surface area (Å²) < 4.78 is 6.97. The Kier molecular flexibility index (Phi) is 5.67. The Bertz CT molecular complexity index is 733. The Morgan fingerprint density at radius 1 is 1.12 bits per heavy atom. The lowest BCUT2D eigenvalue weighted by Crippen LogP contribution is -2.41. The number of ether oxygens (including phenoxy) is 1. The number of likely N-dealkylation sites (tertiary alicyclic amines) is 1. The summed E-state index contributed by atoms with van der Waals surface area (Å²) in [6.45, 7) is 6.72. The highest BCUT2D eigenvalue weighted by molar-refractivity contribution is 14.1. The Hall–Kier alpha value is -1.56. The maximum Gasteiger partial charge on any atom is 0.253 e. The van der Waals surface area contributed by atoms with Crippen molar-refractivity contribution in [2.24, 2.45) is 5.41 Å². The number of rotatable bonds is 4. The van der Waals surface area contributed by atoms with Crippen molar-refractivity contribution in [1.29, 1.82) is 0 Å². The number of carbonyl (C=O) groups is 1. The van der Waals surface area contributed by atoms with Crippen molar-refractivity contribution >= 4 is 28.5 Å². The van der Waals surface area contributed by atoms with Gasteiger partial charge in [-0.15, -0.1) is 0 Å². The fraction of sp³-hybridized carbons (Fsp3) is 0.381. The van der Waals surface area contributed by atoms with Crippen LogP contribution in [-0.4, -0.2) is 23.9 Å². The highest BCUT2D eigenvalue weighted by Crippen LogP contribution is 2.31. The van der Waals surface area contributed by atoms with Gasteiger partial charge in [0.15, 0.2) is 0 Å². The first-order valence-corrected chi connectivity index (χ1v) is 9.78. The molecule has 0 radical (unpaired) electrons. The molecule has 25 heavy (non-hydrogen) atoms. The molecule has 1 aliphatic heterocycles. The molecule has 2 aromatic rings. The minimum atomic E-state index is 0.108. The predicted octanol–water partition coefficient (Wildman–Crippen LogP) is 5.13. The molecule has 1 fully saturated rings. The van der Waals surface area contributed by atoms with Gasteiger partial charge in [-0.2, -0.15) is 0 Å². The van der Waals surface area contributed by atoms with E-state index in [2.05, 4.69) is 36.4 Å². The summed E-state index contributed by atoms with van der Waals surface area (Å²) in [4.78, 5) is 14.8. The number of benzene rings is 2. The Balaban J connectivity index is 1.69. The number of carbonyl (C=O) groups excluding carboxylic acids is 1. The third kappa shape index (κ3) is 4.75. The van der Waals surface area contributed by atoms with Gasteiger partial charge < -0.3 is 9.64 Å². The number of piperidine rings is 1. The highest BCUT2D eigenvalue weighted by Gasteiger charge is 2.28. The van der Waals surface area contributed by atoms with Crippen LogP contribution in [0.25, 0.3) is 0 Å². The molecule has 0 unspecified atom stereocenters. The quantitative estimate of drug-likeness (QED) is 0.606. The zero-order valence-corrected chi connectivity index (χ0v) is 17.0. The van der Waals surface area contributed by atoms with Crippen molar-refractivity contribution < 1.29 is 9.53 Å². The molecular weight excluding hydrogens is 425 g/mol. The average Bonchev–Trinajstić information content (AvgIpc) is 2.61. The predicted molar refractivity (Wildman–Crippen MR) is 109 cm³/mol. The Morgan fingerprint density at radius 2 is 1.80 bits per heavy atom. The molecule has 1 saturated heterocycles. The van der Waals surface area contributed by atoms with Gasteiger partial charge in [0.25, 0.3) is 5.91 Å². The van der Waals surface area contributed by atoms with Gasteiger partial charge >= 0.3 is 0 Å². The fourth-order valence-electron chi connectivity index (χ4n) is 2.98. The van der Waals surface area contributed by atoms with E-state index in [1.165, 1.54) is 0 Å². The van der Waals surface area contributed by atoms with Crippen molar-refractivity contribution in [3.05, 3.63) is 63.2 Å². The normalized spacial score (nSPS) is 16.5. The second kappa shape index (κ2) is 7.77. The number of halogens is 1. The zero-order valence-electron chi connectivity index (χ0n) is 14.8. The molecule has 1 aliphatic rings. The van der Waals surface area contributed by atoms with Gasteiger partial charge in [-0.1, -0.05) is 44.2 Å². The largest absolute Gasteiger partial charge is 0.488 e. The van der Waals surface area contributed by atoms with E-state index in [1.54, 1.807) is 0 Å². The molecule has 3 rings (SSSR count). The molecule has 0 bridgehead atoms. The van der Waals surface area contributed by atoms with E-state index in [4.69, 9.17) is 4.74 Å². The molecule has 0 saturated carbocycles. The number of amides is 1. The second-order valence-corrected chi connectivity index (χ2v) is 8.54. The van der Waals surface area contributed by atoms with Gasteiger partial charge in [0.2, 0.25) is 0 Å². The molecule has 3 nitrogen and oxygen atoms in total. The average molecular weight is 449 g/mol. The summed E-state index contributed by atoms with van der Waals surface area (Å²) in [5.74, 6) is 0.879. The molecule has 1 amide bonds. The first kappa shape index (κ1) is 18.2. The molecule has 1 heterocycles. The summed E-state index contributed by atoms with van der Waals surface area (Å²) in [7, 11) is 0. The molecule has 0 aliphatic carbocycles. The maximum absolute atomic E-state index is 12.8. The first-order chi connectivity index (χ1) is 11.9. The molecule has 0 aromatic heterocycles. The summed E-state index contributed by atoms with van der Waals surface area (Å²) in [6.07, 6.45) is 2.11. The van der Waals surface area contributed by atoms with Crippen molar-refractivity contribution in [2.75, 3.05) is 13.1 Å². The third-order valence-electron chi connectivity index (χ3n) is 4.82. The summed E-state index contributed by atoms with van der Waals surface area (Å²) in [5.41, 5.74) is 2.17. The van der Waals surface area contributed by atoms with Gasteiger partial charge in [-0.25, -0.2) is 0 Å². The van der Waals surface area contributed by atoms with Crippen molar-refractivity contribution in [1.82, 2.24) is 4.90 Å². The van der Waals surface area contributed by atoms with Crippen LogP contribution in [0.1, 0.15) is 42.6 Å². The van der Waals surface area contributed by atoms with Crippen molar-refractivity contribution in [2.45, 2.75) is 33.3 Å². The smallest absolute Gasteiger partial charge is 0.253 e. The maximum atomic E-state index is 12.8. The van der Waals surface area contributed by atoms with Crippen LogP contribution in [0.4, 0.5) is 0 Å². The summed E-state index contributed by atoms with van der Waals surface area (Å²) >= 11 is 2.25. The van der Waals surface area contributed by atoms with Crippen LogP contribution < -0.4 is 4.74 Å². The van der Waals surface area contributed by atoms with E-state index >= 15 is 0 Å². The van der Waals surface area contributed by atoms with Crippen LogP contribution in [0.15, 0.2) is 48.5 Å². The number of hydrogen-bond donors (Lipinski definition) is 0. The highest BCUT2D eigenvalue weighted by atomic mass is 127. The molecule has 0 N–H and O–H groups in total. The Labute approximate surface area is 163 Å². The van der Waals surface area contributed by atoms with E-state index in [0.29, 0.717) is 17.6 Å². The first-order valence-electron chi connectivity index (χ1n) is 8.70. The Morgan fingerprint density at radius 3 is 2.48 bits per heavy atom. The third-order valence-corrected chi connectivity index (χ3v) is 5.71. The van der Waals surface area contributed by atoms with E-state index in [1.807, 2.05) is 53.4 Å². The van der Waals surface area contributed by atoms with Crippen LogP contribution in [0.5, 0.6) is 5.75 Å². The topological polar surface area (TPSA) is 29.5 Å². The lowest BCUT2D eigenvalue weighted by atomic mass is 9.82. The van der Waals surface area contributed by atoms with Crippen molar-refractivity contribution in [3.63, 3.8) is 0 Å². The zero-order chi connectivity index (χ0) is 17.9. The van der Waals surface area contributed by atoms with E-state index in [0.717, 1.165) is 40.8 Å². The van der Waals surface area contributed by atoms with Gasteiger partial charge in [0.05, 0.1) is 3.57 Å². The molecule has 4 heteroatoms. The van der Waals surface area contributed by atoms with Crippen LogP contribution in [0, 0.1) is 8.99 Å². The minimum absolute atomic E-state index is 0.108. The fourth-order valence-corrected chi connectivity index (χ4v) is 3.47. The molecule has 132 valence electrons. The molecule has 0 spiro atoms.